The Kier molecular flexibility index (Phi) is 5.01. The first-order valence-corrected chi connectivity index (χ1v) is 7.20. The molecule has 2 fully saturated rings. The fraction of sp³-hybridized carbons (Fsp3) is 0.929. The van der Waals surface area contributed by atoms with Crippen LogP contribution in [-0.2, 0) is 9.53 Å². The van der Waals surface area contributed by atoms with Crippen LogP contribution < -0.4 is 10.6 Å². The van der Waals surface area contributed by atoms with Gasteiger partial charge in [-0.15, -0.1) is 0 Å². The van der Waals surface area contributed by atoms with Crippen molar-refractivity contribution in [1.82, 2.24) is 10.6 Å². The quantitative estimate of drug-likeness (QED) is 0.751. The van der Waals surface area contributed by atoms with Gasteiger partial charge in [-0.25, -0.2) is 0 Å². The van der Waals surface area contributed by atoms with Gasteiger partial charge in [-0.2, -0.15) is 0 Å². The molecule has 1 heterocycles. The third-order valence-electron chi connectivity index (χ3n) is 4.47. The van der Waals surface area contributed by atoms with E-state index in [1.807, 2.05) is 0 Å². The Balaban J connectivity index is 1.75. The molecule has 0 spiro atoms. The van der Waals surface area contributed by atoms with Crippen molar-refractivity contribution >= 4 is 5.91 Å². The summed E-state index contributed by atoms with van der Waals surface area (Å²) < 4.78 is 5.35. The van der Waals surface area contributed by atoms with Gasteiger partial charge in [0.1, 0.15) is 0 Å². The number of methoxy groups -OCH3 is 1. The van der Waals surface area contributed by atoms with Gasteiger partial charge in [-0.3, -0.25) is 4.79 Å². The molecule has 1 amide bonds. The number of piperidine rings is 1. The summed E-state index contributed by atoms with van der Waals surface area (Å²) in [5, 5.41) is 6.50. The maximum Gasteiger partial charge on any atom is 0.220 e. The Morgan fingerprint density at radius 1 is 1.39 bits per heavy atom. The Morgan fingerprint density at radius 2 is 2.11 bits per heavy atom. The van der Waals surface area contributed by atoms with Gasteiger partial charge in [0, 0.05) is 25.5 Å². The van der Waals surface area contributed by atoms with Gasteiger partial charge in [-0.1, -0.05) is 6.42 Å². The van der Waals surface area contributed by atoms with Gasteiger partial charge in [0.25, 0.3) is 0 Å². The summed E-state index contributed by atoms with van der Waals surface area (Å²) in [4.78, 5) is 11.9. The lowest BCUT2D eigenvalue weighted by Crippen LogP contribution is -2.47. The molecule has 4 nitrogen and oxygen atoms in total. The second kappa shape index (κ2) is 6.53. The molecule has 0 atom stereocenters. The van der Waals surface area contributed by atoms with E-state index >= 15 is 0 Å². The molecule has 0 aromatic rings. The molecule has 2 N–H and O–H groups in total. The topological polar surface area (TPSA) is 50.4 Å². The fourth-order valence-electron chi connectivity index (χ4n) is 2.95. The Morgan fingerprint density at radius 3 is 2.67 bits per heavy atom. The molecule has 0 aromatic carbocycles. The molecular formula is C14H26N2O2. The minimum Gasteiger partial charge on any atom is -0.384 e. The zero-order valence-corrected chi connectivity index (χ0v) is 11.5. The monoisotopic (exact) mass is 254 g/mol. The molecule has 0 unspecified atom stereocenters. The van der Waals surface area contributed by atoms with Gasteiger partial charge in [0.05, 0.1) is 6.61 Å². The van der Waals surface area contributed by atoms with Crippen LogP contribution in [0.5, 0.6) is 0 Å². The van der Waals surface area contributed by atoms with Crippen LogP contribution in [0.25, 0.3) is 0 Å². The van der Waals surface area contributed by atoms with E-state index in [0.717, 1.165) is 45.5 Å². The predicted octanol–water partition coefficient (Wildman–Crippen LogP) is 1.31. The minimum atomic E-state index is 0.148. The van der Waals surface area contributed by atoms with E-state index in [4.69, 9.17) is 4.74 Å². The molecule has 2 rings (SSSR count). The van der Waals surface area contributed by atoms with Crippen LogP contribution in [0, 0.1) is 11.3 Å². The number of carbonyl (C=O) groups is 1. The summed E-state index contributed by atoms with van der Waals surface area (Å²) in [5.74, 6) is 0.880. The lowest BCUT2D eigenvalue weighted by molar-refractivity contribution is -0.123. The molecule has 0 aromatic heterocycles. The summed E-state index contributed by atoms with van der Waals surface area (Å²) in [6.45, 7) is 3.58. The molecule has 4 heteroatoms. The molecule has 104 valence electrons. The summed E-state index contributed by atoms with van der Waals surface area (Å²) >= 11 is 0. The van der Waals surface area contributed by atoms with Gasteiger partial charge in [0.2, 0.25) is 5.91 Å². The smallest absolute Gasteiger partial charge is 0.220 e. The second-order valence-electron chi connectivity index (χ2n) is 5.96. The molecule has 1 aliphatic carbocycles. The largest absolute Gasteiger partial charge is 0.384 e. The first kappa shape index (κ1) is 13.8. The highest BCUT2D eigenvalue weighted by molar-refractivity contribution is 5.76. The summed E-state index contributed by atoms with van der Waals surface area (Å²) in [5.41, 5.74) is 0.148. The molecule has 1 saturated carbocycles. The standard InChI is InChI=1S/C14H26N2O2/c1-18-11-14(5-7-15-8-6-14)10-16-13(17)9-12-3-2-4-12/h12,15H,2-11H2,1H3,(H,16,17). The highest BCUT2D eigenvalue weighted by Gasteiger charge is 2.32. The number of hydrogen-bond donors (Lipinski definition) is 2. The molecule has 1 aliphatic heterocycles. The van der Waals surface area contributed by atoms with E-state index in [2.05, 4.69) is 10.6 Å². The van der Waals surface area contributed by atoms with E-state index < -0.39 is 0 Å². The number of ether oxygens (including phenoxy) is 1. The number of nitrogens with one attached hydrogen (secondary N) is 2. The zero-order chi connectivity index (χ0) is 12.8. The fourth-order valence-corrected chi connectivity index (χ4v) is 2.95. The van der Waals surface area contributed by atoms with E-state index in [0.29, 0.717) is 5.92 Å². The van der Waals surface area contributed by atoms with Crippen molar-refractivity contribution < 1.29 is 9.53 Å². The Hall–Kier alpha value is -0.610. The van der Waals surface area contributed by atoms with Gasteiger partial charge in [-0.05, 0) is 44.7 Å². The molecule has 0 radical (unpaired) electrons. The summed E-state index contributed by atoms with van der Waals surface area (Å²) in [7, 11) is 1.75. The van der Waals surface area contributed by atoms with Crippen molar-refractivity contribution in [3.63, 3.8) is 0 Å². The molecule has 1 saturated heterocycles. The van der Waals surface area contributed by atoms with Crippen LogP contribution in [0.3, 0.4) is 0 Å². The minimum absolute atomic E-state index is 0.148. The molecule has 2 aliphatic rings. The van der Waals surface area contributed by atoms with E-state index in [-0.39, 0.29) is 11.3 Å². The molecule has 0 bridgehead atoms. The Bertz CT molecular complexity index is 265. The normalized spacial score (nSPS) is 23.4. The van der Waals surface area contributed by atoms with Crippen LogP contribution in [0.2, 0.25) is 0 Å². The first-order chi connectivity index (χ1) is 8.74. The molecular weight excluding hydrogens is 228 g/mol. The predicted molar refractivity (Wildman–Crippen MR) is 71.4 cm³/mol. The van der Waals surface area contributed by atoms with Crippen molar-refractivity contribution in [3.8, 4) is 0 Å². The van der Waals surface area contributed by atoms with Crippen LogP contribution in [-0.4, -0.2) is 39.3 Å². The number of rotatable bonds is 6. The maximum atomic E-state index is 11.9. The van der Waals surface area contributed by atoms with Gasteiger partial charge in [0.15, 0.2) is 0 Å². The summed E-state index contributed by atoms with van der Waals surface area (Å²) in [6.07, 6.45) is 6.68. The number of amides is 1. The zero-order valence-electron chi connectivity index (χ0n) is 11.5. The average Bonchev–Trinajstić information content (AvgIpc) is 2.33. The SMILES string of the molecule is COCC1(CNC(=O)CC2CCC2)CCNCC1. The van der Waals surface area contributed by atoms with Crippen molar-refractivity contribution in [2.45, 2.75) is 38.5 Å². The van der Waals surface area contributed by atoms with E-state index in [1.165, 1.54) is 19.3 Å². The summed E-state index contributed by atoms with van der Waals surface area (Å²) in [6, 6.07) is 0. The van der Waals surface area contributed by atoms with Crippen molar-refractivity contribution in [1.29, 1.82) is 0 Å². The number of carbonyl (C=O) groups excluding carboxylic acids is 1. The van der Waals surface area contributed by atoms with Crippen LogP contribution >= 0.6 is 0 Å². The highest BCUT2D eigenvalue weighted by atomic mass is 16.5. The van der Waals surface area contributed by atoms with Crippen LogP contribution in [0.4, 0.5) is 0 Å². The average molecular weight is 254 g/mol. The lowest BCUT2D eigenvalue weighted by atomic mass is 9.79. The van der Waals surface area contributed by atoms with Gasteiger partial charge < -0.3 is 15.4 Å². The van der Waals surface area contributed by atoms with E-state index in [1.54, 1.807) is 7.11 Å². The van der Waals surface area contributed by atoms with E-state index in [9.17, 15) is 4.79 Å². The maximum absolute atomic E-state index is 11.9. The van der Waals surface area contributed by atoms with Crippen molar-refractivity contribution in [2.24, 2.45) is 11.3 Å². The number of hydrogen-bond acceptors (Lipinski definition) is 3. The van der Waals surface area contributed by atoms with Crippen LogP contribution in [0.1, 0.15) is 38.5 Å². The third kappa shape index (κ3) is 3.69. The van der Waals surface area contributed by atoms with Crippen molar-refractivity contribution in [2.75, 3.05) is 33.4 Å². The Labute approximate surface area is 110 Å². The van der Waals surface area contributed by atoms with Crippen molar-refractivity contribution in [3.05, 3.63) is 0 Å². The van der Waals surface area contributed by atoms with Gasteiger partial charge >= 0.3 is 0 Å². The van der Waals surface area contributed by atoms with Crippen LogP contribution in [0.15, 0.2) is 0 Å². The second-order valence-corrected chi connectivity index (χ2v) is 5.96. The third-order valence-corrected chi connectivity index (χ3v) is 4.47. The molecule has 18 heavy (non-hydrogen) atoms. The highest BCUT2D eigenvalue weighted by Crippen LogP contribution is 2.30. The lowest BCUT2D eigenvalue weighted by Gasteiger charge is -2.37. The first-order valence-electron chi connectivity index (χ1n) is 7.20.